The minimum Gasteiger partial charge on any atom is -0.504 e. The molecule has 1 aromatic carbocycles. The van der Waals surface area contributed by atoms with E-state index in [1.807, 2.05) is 11.8 Å². The number of rotatable bonds is 5. The van der Waals surface area contributed by atoms with Crippen LogP contribution in [0.1, 0.15) is 30.1 Å². The van der Waals surface area contributed by atoms with Gasteiger partial charge in [-0.05, 0) is 43.9 Å². The van der Waals surface area contributed by atoms with E-state index in [1.54, 1.807) is 12.1 Å². The van der Waals surface area contributed by atoms with E-state index >= 15 is 0 Å². The van der Waals surface area contributed by atoms with Crippen LogP contribution in [-0.4, -0.2) is 36.1 Å². The molecule has 0 unspecified atom stereocenters. The molecule has 0 aromatic heterocycles. The molecule has 4 heteroatoms. The highest BCUT2D eigenvalue weighted by Crippen LogP contribution is 2.31. The third-order valence-electron chi connectivity index (χ3n) is 3.27. The quantitative estimate of drug-likeness (QED) is 0.871. The smallest absolute Gasteiger partial charge is 0.253 e. The Morgan fingerprint density at radius 1 is 1.50 bits per heavy atom. The molecule has 1 aliphatic rings. The van der Waals surface area contributed by atoms with Crippen LogP contribution in [0.25, 0.3) is 0 Å². The second-order valence-electron chi connectivity index (χ2n) is 4.67. The largest absolute Gasteiger partial charge is 0.504 e. The minimum atomic E-state index is -0.0256. The number of phenols is 1. The van der Waals surface area contributed by atoms with E-state index in [4.69, 9.17) is 4.74 Å². The predicted molar refractivity (Wildman–Crippen MR) is 69.0 cm³/mol. The maximum absolute atomic E-state index is 12.3. The van der Waals surface area contributed by atoms with Gasteiger partial charge < -0.3 is 14.7 Å². The van der Waals surface area contributed by atoms with Gasteiger partial charge in [0.2, 0.25) is 0 Å². The van der Waals surface area contributed by atoms with Gasteiger partial charge in [-0.25, -0.2) is 0 Å². The molecule has 0 radical (unpaired) electrons. The van der Waals surface area contributed by atoms with Gasteiger partial charge in [-0.15, -0.1) is 0 Å². The summed E-state index contributed by atoms with van der Waals surface area (Å²) in [5.41, 5.74) is 0.510. The summed E-state index contributed by atoms with van der Waals surface area (Å²) in [5, 5.41) is 9.69. The van der Waals surface area contributed by atoms with Crippen LogP contribution >= 0.6 is 0 Å². The van der Waals surface area contributed by atoms with Gasteiger partial charge in [-0.2, -0.15) is 0 Å². The molecule has 0 saturated heterocycles. The number of aromatic hydroxyl groups is 1. The number of carbonyl (C=O) groups excluding carboxylic acids is 1. The summed E-state index contributed by atoms with van der Waals surface area (Å²) in [6, 6.07) is 4.78. The summed E-state index contributed by atoms with van der Waals surface area (Å²) in [7, 11) is 1.49. The Labute approximate surface area is 107 Å². The lowest BCUT2D eigenvalue weighted by Gasteiger charge is -2.21. The fourth-order valence-corrected chi connectivity index (χ4v) is 1.97. The molecule has 0 aliphatic heterocycles. The van der Waals surface area contributed by atoms with Gasteiger partial charge in [0.25, 0.3) is 5.91 Å². The molecule has 1 saturated carbocycles. The number of methoxy groups -OCH3 is 1. The zero-order chi connectivity index (χ0) is 13.1. The molecule has 1 fully saturated rings. The molecule has 1 amide bonds. The van der Waals surface area contributed by atoms with Gasteiger partial charge in [0.1, 0.15) is 0 Å². The summed E-state index contributed by atoms with van der Waals surface area (Å²) < 4.78 is 4.97. The first-order chi connectivity index (χ1) is 8.65. The van der Waals surface area contributed by atoms with Gasteiger partial charge in [0.05, 0.1) is 7.11 Å². The van der Waals surface area contributed by atoms with Crippen molar-refractivity contribution in [2.45, 2.75) is 19.8 Å². The number of benzene rings is 1. The number of hydrogen-bond donors (Lipinski definition) is 1. The molecule has 0 spiro atoms. The third kappa shape index (κ3) is 2.75. The predicted octanol–water partition coefficient (Wildman–Crippen LogP) is 2.27. The minimum absolute atomic E-state index is 0.00539. The summed E-state index contributed by atoms with van der Waals surface area (Å²) >= 11 is 0. The number of hydrogen-bond acceptors (Lipinski definition) is 3. The number of phenolic OH excluding ortho intramolecular Hbond substituents is 1. The Bertz CT molecular complexity index is 441. The van der Waals surface area contributed by atoms with E-state index < -0.39 is 0 Å². The SMILES string of the molecule is CCN(CC1CC1)C(=O)c1ccc(OC)c(O)c1. The Morgan fingerprint density at radius 2 is 2.22 bits per heavy atom. The highest BCUT2D eigenvalue weighted by atomic mass is 16.5. The first-order valence-electron chi connectivity index (χ1n) is 6.32. The fourth-order valence-electron chi connectivity index (χ4n) is 1.97. The summed E-state index contributed by atoms with van der Waals surface area (Å²) in [5.74, 6) is 1.03. The van der Waals surface area contributed by atoms with Crippen molar-refractivity contribution < 1.29 is 14.6 Å². The Morgan fingerprint density at radius 3 is 2.72 bits per heavy atom. The number of ether oxygens (including phenoxy) is 1. The molecule has 98 valence electrons. The molecular formula is C14H19NO3. The van der Waals surface area contributed by atoms with Crippen molar-refractivity contribution in [1.82, 2.24) is 4.90 Å². The van der Waals surface area contributed by atoms with E-state index in [-0.39, 0.29) is 11.7 Å². The molecule has 2 rings (SSSR count). The van der Waals surface area contributed by atoms with E-state index in [9.17, 15) is 9.90 Å². The third-order valence-corrected chi connectivity index (χ3v) is 3.27. The van der Waals surface area contributed by atoms with Crippen LogP contribution in [0.4, 0.5) is 0 Å². The number of nitrogens with zero attached hydrogens (tertiary/aromatic N) is 1. The van der Waals surface area contributed by atoms with E-state index in [0.29, 0.717) is 23.8 Å². The maximum atomic E-state index is 12.3. The van der Waals surface area contributed by atoms with Crippen molar-refractivity contribution in [3.8, 4) is 11.5 Å². The van der Waals surface area contributed by atoms with Crippen molar-refractivity contribution in [2.24, 2.45) is 5.92 Å². The first-order valence-corrected chi connectivity index (χ1v) is 6.32. The molecule has 0 bridgehead atoms. The van der Waals surface area contributed by atoms with Crippen molar-refractivity contribution in [1.29, 1.82) is 0 Å². The van der Waals surface area contributed by atoms with Crippen molar-refractivity contribution in [3.63, 3.8) is 0 Å². The highest BCUT2D eigenvalue weighted by Gasteiger charge is 2.26. The van der Waals surface area contributed by atoms with Crippen molar-refractivity contribution in [3.05, 3.63) is 23.8 Å². The van der Waals surface area contributed by atoms with Gasteiger partial charge >= 0.3 is 0 Å². The van der Waals surface area contributed by atoms with E-state index in [2.05, 4.69) is 0 Å². The molecule has 18 heavy (non-hydrogen) atoms. The Balaban J connectivity index is 2.13. The van der Waals surface area contributed by atoms with Gasteiger partial charge in [0.15, 0.2) is 11.5 Å². The fraction of sp³-hybridized carbons (Fsp3) is 0.500. The van der Waals surface area contributed by atoms with Crippen LogP contribution in [-0.2, 0) is 0 Å². The summed E-state index contributed by atoms with van der Waals surface area (Å²) in [6.45, 7) is 3.49. The van der Waals surface area contributed by atoms with E-state index in [1.165, 1.54) is 26.0 Å². The highest BCUT2D eigenvalue weighted by molar-refractivity contribution is 5.94. The molecule has 1 aliphatic carbocycles. The zero-order valence-corrected chi connectivity index (χ0v) is 10.8. The zero-order valence-electron chi connectivity index (χ0n) is 10.8. The topological polar surface area (TPSA) is 49.8 Å². The Kier molecular flexibility index (Phi) is 3.75. The molecule has 0 atom stereocenters. The van der Waals surface area contributed by atoms with E-state index in [0.717, 1.165) is 6.54 Å². The van der Waals surface area contributed by atoms with Gasteiger partial charge in [-0.1, -0.05) is 0 Å². The maximum Gasteiger partial charge on any atom is 0.253 e. The first kappa shape index (κ1) is 12.7. The van der Waals surface area contributed by atoms with Crippen molar-refractivity contribution >= 4 is 5.91 Å². The van der Waals surface area contributed by atoms with Crippen LogP contribution in [0, 0.1) is 5.92 Å². The van der Waals surface area contributed by atoms with Crippen LogP contribution in [0.3, 0.4) is 0 Å². The normalized spacial score (nSPS) is 14.3. The van der Waals surface area contributed by atoms with Crippen molar-refractivity contribution in [2.75, 3.05) is 20.2 Å². The average Bonchev–Trinajstić information content (AvgIpc) is 3.19. The molecule has 4 nitrogen and oxygen atoms in total. The number of amides is 1. The summed E-state index contributed by atoms with van der Waals surface area (Å²) in [4.78, 5) is 14.1. The van der Waals surface area contributed by atoms with Gasteiger partial charge in [0, 0.05) is 18.7 Å². The van der Waals surface area contributed by atoms with Crippen LogP contribution < -0.4 is 4.74 Å². The lowest BCUT2D eigenvalue weighted by Crippen LogP contribution is -2.32. The second-order valence-corrected chi connectivity index (χ2v) is 4.67. The van der Waals surface area contributed by atoms with Crippen LogP contribution in [0.2, 0.25) is 0 Å². The lowest BCUT2D eigenvalue weighted by molar-refractivity contribution is 0.0756. The second kappa shape index (κ2) is 5.29. The van der Waals surface area contributed by atoms with Crippen LogP contribution in [0.15, 0.2) is 18.2 Å². The summed E-state index contributed by atoms with van der Waals surface area (Å²) in [6.07, 6.45) is 2.44. The number of carbonyl (C=O) groups is 1. The monoisotopic (exact) mass is 249 g/mol. The average molecular weight is 249 g/mol. The standard InChI is InChI=1S/C14H19NO3/c1-3-15(9-10-4-5-10)14(17)11-6-7-13(18-2)12(16)8-11/h6-8,10,16H,3-5,9H2,1-2H3. The Hall–Kier alpha value is -1.71. The molecule has 0 heterocycles. The molecular weight excluding hydrogens is 230 g/mol. The van der Waals surface area contributed by atoms with Crippen LogP contribution in [0.5, 0.6) is 11.5 Å². The lowest BCUT2D eigenvalue weighted by atomic mass is 10.1. The molecule has 1 N–H and O–H groups in total. The molecule has 1 aromatic rings. The van der Waals surface area contributed by atoms with Gasteiger partial charge in [-0.3, -0.25) is 4.79 Å².